The van der Waals surface area contributed by atoms with Gasteiger partial charge < -0.3 is 14.8 Å². The highest BCUT2D eigenvalue weighted by Gasteiger charge is 2.13. The van der Waals surface area contributed by atoms with Crippen molar-refractivity contribution in [1.29, 1.82) is 5.26 Å². The van der Waals surface area contributed by atoms with Crippen LogP contribution in [0.3, 0.4) is 0 Å². The third-order valence-electron chi connectivity index (χ3n) is 2.87. The number of nitrogens with zero attached hydrogens (tertiary/aromatic N) is 1. The average molecular weight is 323 g/mol. The summed E-state index contributed by atoms with van der Waals surface area (Å²) in [5.74, 6) is 1.05. The molecule has 0 spiro atoms. The Morgan fingerprint density at radius 2 is 1.71 bits per heavy atom. The van der Waals surface area contributed by atoms with Crippen LogP contribution in [0.4, 0.5) is 11.4 Å². The van der Waals surface area contributed by atoms with E-state index in [1.54, 1.807) is 30.3 Å². The molecule has 4 nitrogen and oxygen atoms in total. The van der Waals surface area contributed by atoms with E-state index in [9.17, 15) is 5.26 Å². The number of anilines is 2. The van der Waals surface area contributed by atoms with E-state index in [4.69, 9.17) is 32.7 Å². The van der Waals surface area contributed by atoms with Crippen molar-refractivity contribution in [1.82, 2.24) is 0 Å². The Balaban J connectivity index is 2.47. The minimum absolute atomic E-state index is 0.355. The fraction of sp³-hybridized carbons (Fsp3) is 0.133. The highest BCUT2D eigenvalue weighted by atomic mass is 35.5. The third-order valence-corrected chi connectivity index (χ3v) is 3.48. The molecule has 0 saturated heterocycles. The van der Waals surface area contributed by atoms with Crippen LogP contribution in [0.2, 0.25) is 10.0 Å². The summed E-state index contributed by atoms with van der Waals surface area (Å²) < 4.78 is 10.4. The van der Waals surface area contributed by atoms with Gasteiger partial charge in [-0.3, -0.25) is 0 Å². The van der Waals surface area contributed by atoms with Crippen LogP contribution >= 0.6 is 23.2 Å². The van der Waals surface area contributed by atoms with Crippen LogP contribution in [-0.2, 0) is 0 Å². The molecule has 2 aromatic rings. The smallest absolute Gasteiger partial charge is 0.146 e. The summed E-state index contributed by atoms with van der Waals surface area (Å²) in [5, 5.41) is 13.1. The van der Waals surface area contributed by atoms with E-state index >= 15 is 0 Å². The van der Waals surface area contributed by atoms with Gasteiger partial charge in [-0.2, -0.15) is 5.26 Å². The molecule has 0 aromatic heterocycles. The summed E-state index contributed by atoms with van der Waals surface area (Å²) in [6, 6.07) is 10.6. The first kappa shape index (κ1) is 15.3. The fourth-order valence-electron chi connectivity index (χ4n) is 1.84. The predicted octanol–water partition coefficient (Wildman–Crippen LogP) is 4.63. The molecule has 108 valence electrons. The second-order valence-electron chi connectivity index (χ2n) is 4.09. The van der Waals surface area contributed by atoms with Crippen LogP contribution in [0.5, 0.6) is 11.5 Å². The number of rotatable bonds is 4. The predicted molar refractivity (Wildman–Crippen MR) is 84.0 cm³/mol. The van der Waals surface area contributed by atoms with E-state index < -0.39 is 0 Å². The van der Waals surface area contributed by atoms with Crippen molar-refractivity contribution in [3.05, 3.63) is 45.9 Å². The molecule has 1 N–H and O–H groups in total. The highest BCUT2D eigenvalue weighted by Crippen LogP contribution is 2.38. The lowest BCUT2D eigenvalue weighted by atomic mass is 10.1. The number of hydrogen-bond acceptors (Lipinski definition) is 4. The van der Waals surface area contributed by atoms with Gasteiger partial charge in [-0.15, -0.1) is 0 Å². The number of nitrogens with one attached hydrogen (secondary N) is 1. The number of benzene rings is 2. The molecule has 2 rings (SSSR count). The number of ether oxygens (including phenoxy) is 2. The molecule has 2 aromatic carbocycles. The molecule has 0 aliphatic heterocycles. The topological polar surface area (TPSA) is 54.3 Å². The van der Waals surface area contributed by atoms with Crippen LogP contribution in [0.1, 0.15) is 5.56 Å². The van der Waals surface area contributed by atoms with Crippen molar-refractivity contribution in [2.24, 2.45) is 0 Å². The van der Waals surface area contributed by atoms with Gasteiger partial charge in [0.25, 0.3) is 0 Å². The summed E-state index contributed by atoms with van der Waals surface area (Å²) >= 11 is 12.1. The maximum atomic E-state index is 9.19. The van der Waals surface area contributed by atoms with Crippen LogP contribution in [-0.4, -0.2) is 14.2 Å². The molecular weight excluding hydrogens is 311 g/mol. The first-order chi connectivity index (χ1) is 10.1. The van der Waals surface area contributed by atoms with Gasteiger partial charge >= 0.3 is 0 Å². The molecule has 0 bridgehead atoms. The van der Waals surface area contributed by atoms with Gasteiger partial charge in [0.15, 0.2) is 0 Å². The van der Waals surface area contributed by atoms with Gasteiger partial charge in [0.05, 0.1) is 41.2 Å². The van der Waals surface area contributed by atoms with Crippen molar-refractivity contribution in [3.63, 3.8) is 0 Å². The number of hydrogen-bond donors (Lipinski definition) is 1. The molecule has 0 radical (unpaired) electrons. The van der Waals surface area contributed by atoms with Crippen molar-refractivity contribution < 1.29 is 9.47 Å². The number of halogens is 2. The minimum Gasteiger partial charge on any atom is -0.495 e. The van der Waals surface area contributed by atoms with E-state index in [1.165, 1.54) is 14.2 Å². The largest absolute Gasteiger partial charge is 0.495 e. The number of nitriles is 1. The van der Waals surface area contributed by atoms with E-state index in [0.717, 1.165) is 0 Å². The molecule has 0 saturated carbocycles. The van der Waals surface area contributed by atoms with Gasteiger partial charge in [0, 0.05) is 6.07 Å². The molecule has 0 heterocycles. The SMILES string of the molecule is COc1cc(OC)c(Nc2cccc(Cl)c2C#N)cc1Cl. The Labute approximate surface area is 132 Å². The fourth-order valence-corrected chi connectivity index (χ4v) is 2.30. The lowest BCUT2D eigenvalue weighted by Gasteiger charge is -2.15. The Morgan fingerprint density at radius 1 is 1.00 bits per heavy atom. The Hall–Kier alpha value is -2.09. The maximum absolute atomic E-state index is 9.19. The molecule has 6 heteroatoms. The van der Waals surface area contributed by atoms with E-state index in [0.29, 0.717) is 38.5 Å². The summed E-state index contributed by atoms with van der Waals surface area (Å²) in [4.78, 5) is 0. The van der Waals surface area contributed by atoms with Crippen LogP contribution in [0, 0.1) is 11.3 Å². The Bertz CT molecular complexity index is 712. The third kappa shape index (κ3) is 3.15. The normalized spacial score (nSPS) is 9.86. The van der Waals surface area contributed by atoms with Crippen molar-refractivity contribution in [3.8, 4) is 17.6 Å². The van der Waals surface area contributed by atoms with Crippen molar-refractivity contribution >= 4 is 34.6 Å². The van der Waals surface area contributed by atoms with Gasteiger partial charge in [-0.1, -0.05) is 29.3 Å². The average Bonchev–Trinajstić information content (AvgIpc) is 2.48. The zero-order chi connectivity index (χ0) is 15.4. The lowest BCUT2D eigenvalue weighted by Crippen LogP contribution is -1.98. The standard InChI is InChI=1S/C15H12Cl2N2O2/c1-20-14-7-15(21-2)13(6-11(14)17)19-12-5-3-4-10(16)9(12)8-18/h3-7,19H,1-2H3. The first-order valence-electron chi connectivity index (χ1n) is 5.98. The van der Waals surface area contributed by atoms with Gasteiger partial charge in [-0.05, 0) is 18.2 Å². The van der Waals surface area contributed by atoms with Crippen molar-refractivity contribution in [2.45, 2.75) is 0 Å². The lowest BCUT2D eigenvalue weighted by molar-refractivity contribution is 0.396. The second kappa shape index (κ2) is 6.57. The Kier molecular flexibility index (Phi) is 4.79. The quantitative estimate of drug-likeness (QED) is 0.891. The molecular formula is C15H12Cl2N2O2. The van der Waals surface area contributed by atoms with Crippen molar-refractivity contribution in [2.75, 3.05) is 19.5 Å². The zero-order valence-electron chi connectivity index (χ0n) is 11.4. The summed E-state index contributed by atoms with van der Waals surface area (Å²) in [5.41, 5.74) is 1.54. The van der Waals surface area contributed by atoms with Gasteiger partial charge in [0.1, 0.15) is 17.6 Å². The van der Waals surface area contributed by atoms with E-state index in [-0.39, 0.29) is 0 Å². The Morgan fingerprint density at radius 3 is 2.33 bits per heavy atom. The monoisotopic (exact) mass is 322 g/mol. The number of methoxy groups -OCH3 is 2. The summed E-state index contributed by atoms with van der Waals surface area (Å²) in [6.07, 6.45) is 0. The van der Waals surface area contributed by atoms with E-state index in [2.05, 4.69) is 11.4 Å². The van der Waals surface area contributed by atoms with Gasteiger partial charge in [0.2, 0.25) is 0 Å². The van der Waals surface area contributed by atoms with Crippen LogP contribution in [0.15, 0.2) is 30.3 Å². The summed E-state index contributed by atoms with van der Waals surface area (Å²) in [7, 11) is 3.07. The molecule has 0 amide bonds. The molecule has 0 aliphatic rings. The molecule has 0 atom stereocenters. The molecule has 0 unspecified atom stereocenters. The highest BCUT2D eigenvalue weighted by molar-refractivity contribution is 6.32. The summed E-state index contributed by atoms with van der Waals surface area (Å²) in [6.45, 7) is 0. The van der Waals surface area contributed by atoms with Crippen LogP contribution in [0.25, 0.3) is 0 Å². The molecule has 0 fully saturated rings. The molecule has 21 heavy (non-hydrogen) atoms. The van der Waals surface area contributed by atoms with E-state index in [1.807, 2.05) is 0 Å². The van der Waals surface area contributed by atoms with Gasteiger partial charge in [-0.25, -0.2) is 0 Å². The minimum atomic E-state index is 0.355. The first-order valence-corrected chi connectivity index (χ1v) is 6.73. The zero-order valence-corrected chi connectivity index (χ0v) is 12.9. The molecule has 0 aliphatic carbocycles. The maximum Gasteiger partial charge on any atom is 0.146 e. The van der Waals surface area contributed by atoms with Crippen LogP contribution < -0.4 is 14.8 Å². The second-order valence-corrected chi connectivity index (χ2v) is 4.90.